The Kier molecular flexibility index (Phi) is 6.19. The maximum atomic E-state index is 5.95. The van der Waals surface area contributed by atoms with Crippen molar-refractivity contribution in [3.63, 3.8) is 0 Å². The van der Waals surface area contributed by atoms with E-state index in [4.69, 9.17) is 4.74 Å². The Bertz CT molecular complexity index is 763. The zero-order chi connectivity index (χ0) is 17.5. The van der Waals surface area contributed by atoms with Crippen molar-refractivity contribution in [1.29, 1.82) is 0 Å². The molecule has 0 aromatic heterocycles. The van der Waals surface area contributed by atoms with Crippen molar-refractivity contribution in [2.75, 3.05) is 6.61 Å². The van der Waals surface area contributed by atoms with Crippen molar-refractivity contribution in [1.82, 2.24) is 0 Å². The molecule has 3 rings (SSSR count). The second-order valence-corrected chi connectivity index (χ2v) is 7.87. The molecule has 0 aliphatic rings. The van der Waals surface area contributed by atoms with Crippen molar-refractivity contribution in [2.24, 2.45) is 0 Å². The highest BCUT2D eigenvalue weighted by atomic mass is 32.2. The Morgan fingerprint density at radius 2 is 1.44 bits per heavy atom. The standard InChI is InChI=1S/C23H24OS/c1-18-8-14-23(15-9-18)25-19(2)17-24-22-12-10-21(11-13-22)16-20-6-4-3-5-7-20/h3-15,19H,16-17H2,1-2H3. The van der Waals surface area contributed by atoms with E-state index >= 15 is 0 Å². The molecule has 25 heavy (non-hydrogen) atoms. The molecule has 128 valence electrons. The van der Waals surface area contributed by atoms with Gasteiger partial charge in [0.2, 0.25) is 0 Å². The fourth-order valence-corrected chi connectivity index (χ4v) is 3.53. The van der Waals surface area contributed by atoms with Gasteiger partial charge in [-0.1, -0.05) is 60.2 Å². The van der Waals surface area contributed by atoms with Crippen LogP contribution < -0.4 is 4.74 Å². The van der Waals surface area contributed by atoms with Gasteiger partial charge in [0.05, 0.1) is 0 Å². The van der Waals surface area contributed by atoms with Crippen molar-refractivity contribution in [3.05, 3.63) is 95.6 Å². The Labute approximate surface area is 155 Å². The number of rotatable bonds is 7. The van der Waals surface area contributed by atoms with E-state index in [1.165, 1.54) is 21.6 Å². The van der Waals surface area contributed by atoms with Gasteiger partial charge >= 0.3 is 0 Å². The molecule has 0 bridgehead atoms. The van der Waals surface area contributed by atoms with Crippen molar-refractivity contribution >= 4 is 11.8 Å². The molecule has 2 heteroatoms. The second kappa shape index (κ2) is 8.77. The summed E-state index contributed by atoms with van der Waals surface area (Å²) in [6.07, 6.45) is 0.959. The average molecular weight is 349 g/mol. The summed E-state index contributed by atoms with van der Waals surface area (Å²) < 4.78 is 5.95. The normalized spacial score (nSPS) is 11.9. The zero-order valence-corrected chi connectivity index (χ0v) is 15.6. The van der Waals surface area contributed by atoms with Gasteiger partial charge in [0.25, 0.3) is 0 Å². The number of hydrogen-bond donors (Lipinski definition) is 0. The van der Waals surface area contributed by atoms with Crippen LogP contribution in [0.4, 0.5) is 0 Å². The lowest BCUT2D eigenvalue weighted by molar-refractivity contribution is 0.322. The van der Waals surface area contributed by atoms with Crippen LogP contribution in [0.2, 0.25) is 0 Å². The van der Waals surface area contributed by atoms with Crippen LogP contribution in [0.25, 0.3) is 0 Å². The van der Waals surface area contributed by atoms with Gasteiger partial charge in [0.15, 0.2) is 0 Å². The summed E-state index contributed by atoms with van der Waals surface area (Å²) in [6, 6.07) is 27.6. The van der Waals surface area contributed by atoms with Crippen LogP contribution in [0.1, 0.15) is 23.6 Å². The van der Waals surface area contributed by atoms with Gasteiger partial charge < -0.3 is 4.74 Å². The fraction of sp³-hybridized carbons (Fsp3) is 0.217. The molecule has 0 fully saturated rings. The van der Waals surface area contributed by atoms with Gasteiger partial charge in [-0.3, -0.25) is 0 Å². The van der Waals surface area contributed by atoms with Gasteiger partial charge in [-0.15, -0.1) is 11.8 Å². The molecule has 3 aromatic carbocycles. The first kappa shape index (κ1) is 17.6. The SMILES string of the molecule is Cc1ccc(SC(C)COc2ccc(Cc3ccccc3)cc2)cc1. The van der Waals surface area contributed by atoms with Crippen molar-refractivity contribution in [2.45, 2.75) is 30.4 Å². The first-order valence-corrected chi connectivity index (χ1v) is 9.56. The van der Waals surface area contributed by atoms with E-state index < -0.39 is 0 Å². The van der Waals surface area contributed by atoms with Crippen LogP contribution in [-0.4, -0.2) is 11.9 Å². The third-order valence-corrected chi connectivity index (χ3v) is 5.10. The quantitative estimate of drug-likeness (QED) is 0.474. The van der Waals surface area contributed by atoms with Gasteiger partial charge in [-0.05, 0) is 55.7 Å². The van der Waals surface area contributed by atoms with E-state index in [9.17, 15) is 0 Å². The van der Waals surface area contributed by atoms with E-state index in [1.807, 2.05) is 11.8 Å². The monoisotopic (exact) mass is 348 g/mol. The lowest BCUT2D eigenvalue weighted by atomic mass is 10.1. The van der Waals surface area contributed by atoms with E-state index in [0.717, 1.165) is 12.2 Å². The maximum Gasteiger partial charge on any atom is 0.119 e. The van der Waals surface area contributed by atoms with E-state index in [1.54, 1.807) is 0 Å². The molecule has 0 aliphatic heterocycles. The first-order valence-electron chi connectivity index (χ1n) is 8.68. The summed E-state index contributed by atoms with van der Waals surface area (Å²) >= 11 is 1.85. The number of thioether (sulfide) groups is 1. The lowest BCUT2D eigenvalue weighted by Gasteiger charge is -2.13. The number of ether oxygens (including phenoxy) is 1. The Balaban J connectivity index is 1.48. The molecule has 0 aliphatic carbocycles. The lowest BCUT2D eigenvalue weighted by Crippen LogP contribution is -2.10. The fourth-order valence-electron chi connectivity index (χ4n) is 2.63. The zero-order valence-electron chi connectivity index (χ0n) is 14.8. The molecule has 1 nitrogen and oxygen atoms in total. The van der Waals surface area contributed by atoms with Gasteiger partial charge in [-0.25, -0.2) is 0 Å². The van der Waals surface area contributed by atoms with Crippen LogP contribution in [0.5, 0.6) is 5.75 Å². The second-order valence-electron chi connectivity index (χ2n) is 6.36. The number of hydrogen-bond acceptors (Lipinski definition) is 2. The smallest absolute Gasteiger partial charge is 0.119 e. The van der Waals surface area contributed by atoms with E-state index in [-0.39, 0.29) is 0 Å². The van der Waals surface area contributed by atoms with Gasteiger partial charge in [0, 0.05) is 10.1 Å². The summed E-state index contributed by atoms with van der Waals surface area (Å²) in [6.45, 7) is 5.02. The molecule has 0 saturated heterocycles. The highest BCUT2D eigenvalue weighted by molar-refractivity contribution is 8.00. The first-order chi connectivity index (χ1) is 12.2. The van der Waals surface area contributed by atoms with Crippen LogP contribution in [0.15, 0.2) is 83.8 Å². The predicted molar refractivity (Wildman–Crippen MR) is 108 cm³/mol. The topological polar surface area (TPSA) is 9.23 Å². The molecular weight excluding hydrogens is 324 g/mol. The minimum absolute atomic E-state index is 0.409. The van der Waals surface area contributed by atoms with E-state index in [2.05, 4.69) is 92.7 Å². The number of aryl methyl sites for hydroxylation is 1. The average Bonchev–Trinajstić information content (AvgIpc) is 2.64. The number of benzene rings is 3. The summed E-state index contributed by atoms with van der Waals surface area (Å²) in [7, 11) is 0. The summed E-state index contributed by atoms with van der Waals surface area (Å²) in [5.41, 5.74) is 3.93. The summed E-state index contributed by atoms with van der Waals surface area (Å²) in [5.74, 6) is 0.938. The maximum absolute atomic E-state index is 5.95. The Hall–Kier alpha value is -2.19. The predicted octanol–water partition coefficient (Wildman–Crippen LogP) is 6.15. The molecule has 0 heterocycles. The third kappa shape index (κ3) is 5.68. The summed E-state index contributed by atoms with van der Waals surface area (Å²) in [5, 5.41) is 0.409. The Morgan fingerprint density at radius 3 is 2.12 bits per heavy atom. The summed E-state index contributed by atoms with van der Waals surface area (Å²) in [4.78, 5) is 1.29. The molecular formula is C23H24OS. The molecule has 0 amide bonds. The molecule has 0 spiro atoms. The highest BCUT2D eigenvalue weighted by Gasteiger charge is 2.06. The van der Waals surface area contributed by atoms with Gasteiger partial charge in [0.1, 0.15) is 12.4 Å². The van der Waals surface area contributed by atoms with Crippen molar-refractivity contribution in [3.8, 4) is 5.75 Å². The van der Waals surface area contributed by atoms with Crippen LogP contribution in [0.3, 0.4) is 0 Å². The molecule has 3 aromatic rings. The highest BCUT2D eigenvalue weighted by Crippen LogP contribution is 2.24. The molecule has 0 saturated carbocycles. The van der Waals surface area contributed by atoms with Crippen LogP contribution in [-0.2, 0) is 6.42 Å². The molecule has 0 N–H and O–H groups in total. The largest absolute Gasteiger partial charge is 0.492 e. The van der Waals surface area contributed by atoms with Crippen LogP contribution in [0, 0.1) is 6.92 Å². The van der Waals surface area contributed by atoms with Gasteiger partial charge in [-0.2, -0.15) is 0 Å². The van der Waals surface area contributed by atoms with Crippen molar-refractivity contribution < 1.29 is 4.74 Å². The molecule has 1 atom stereocenters. The van der Waals surface area contributed by atoms with Crippen LogP contribution >= 0.6 is 11.8 Å². The van der Waals surface area contributed by atoms with E-state index in [0.29, 0.717) is 11.9 Å². The molecule has 1 unspecified atom stereocenters. The minimum Gasteiger partial charge on any atom is -0.492 e. The molecule has 0 radical (unpaired) electrons. The third-order valence-electron chi connectivity index (χ3n) is 4.02. The Morgan fingerprint density at radius 1 is 0.800 bits per heavy atom. The minimum atomic E-state index is 0.409.